The van der Waals surface area contributed by atoms with E-state index in [2.05, 4.69) is 10.3 Å². The number of carbonyl (C=O) groups excluding carboxylic acids is 1. The molecule has 4 heteroatoms. The number of carbonyl (C=O) groups is 1. The summed E-state index contributed by atoms with van der Waals surface area (Å²) in [5, 5.41) is 2.86. The highest BCUT2D eigenvalue weighted by Crippen LogP contribution is 2.39. The third-order valence-electron chi connectivity index (χ3n) is 4.05. The summed E-state index contributed by atoms with van der Waals surface area (Å²) < 4.78 is 0. The third kappa shape index (κ3) is 1.84. The molecule has 0 aliphatic carbocycles. The molecule has 1 aliphatic rings. The number of benzene rings is 1. The molecular weight excluding hydrogens is 250 g/mol. The van der Waals surface area contributed by atoms with Crippen LogP contribution in [0.1, 0.15) is 23.6 Å². The van der Waals surface area contributed by atoms with E-state index in [1.54, 1.807) is 6.20 Å². The predicted octanol–water partition coefficient (Wildman–Crippen LogP) is 2.42. The monoisotopic (exact) mass is 267 g/mol. The molecule has 102 valence electrons. The average molecular weight is 267 g/mol. The largest absolute Gasteiger partial charge is 0.399 e. The lowest BCUT2D eigenvalue weighted by Gasteiger charge is -2.23. The van der Waals surface area contributed by atoms with Crippen molar-refractivity contribution in [1.82, 2.24) is 4.98 Å². The van der Waals surface area contributed by atoms with Gasteiger partial charge in [0, 0.05) is 17.4 Å². The number of rotatable bonds is 2. The lowest BCUT2D eigenvalue weighted by molar-refractivity contribution is -0.120. The van der Waals surface area contributed by atoms with Crippen LogP contribution >= 0.6 is 0 Å². The molecule has 4 nitrogen and oxygen atoms in total. The fourth-order valence-electron chi connectivity index (χ4n) is 2.79. The number of fused-ring (bicyclic) bond motifs is 1. The molecule has 0 saturated carbocycles. The summed E-state index contributed by atoms with van der Waals surface area (Å²) in [5.41, 5.74) is 9.15. The number of nitrogen functional groups attached to an aromatic ring is 1. The first-order valence-electron chi connectivity index (χ1n) is 6.63. The molecular formula is C16H17N3O. The second-order valence-electron chi connectivity index (χ2n) is 5.55. The van der Waals surface area contributed by atoms with E-state index in [1.807, 2.05) is 44.2 Å². The van der Waals surface area contributed by atoms with E-state index in [0.717, 1.165) is 22.4 Å². The smallest absolute Gasteiger partial charge is 0.236 e. The Morgan fingerprint density at radius 1 is 1.35 bits per heavy atom. The summed E-state index contributed by atoms with van der Waals surface area (Å²) >= 11 is 0. The van der Waals surface area contributed by atoms with Crippen LogP contribution in [-0.4, -0.2) is 10.9 Å². The molecule has 20 heavy (non-hydrogen) atoms. The molecule has 1 aromatic carbocycles. The van der Waals surface area contributed by atoms with Crippen LogP contribution in [0.15, 0.2) is 36.5 Å². The number of anilines is 2. The van der Waals surface area contributed by atoms with Crippen LogP contribution in [0.25, 0.3) is 0 Å². The zero-order valence-electron chi connectivity index (χ0n) is 11.6. The van der Waals surface area contributed by atoms with Gasteiger partial charge in [0.25, 0.3) is 0 Å². The van der Waals surface area contributed by atoms with Crippen LogP contribution < -0.4 is 11.1 Å². The highest BCUT2D eigenvalue weighted by Gasteiger charge is 2.43. The van der Waals surface area contributed by atoms with Crippen LogP contribution in [-0.2, 0) is 16.6 Å². The van der Waals surface area contributed by atoms with Gasteiger partial charge in [0.05, 0.1) is 5.41 Å². The van der Waals surface area contributed by atoms with Crippen molar-refractivity contribution in [2.75, 3.05) is 11.1 Å². The normalized spacial score (nSPS) is 20.6. The number of nitrogens with zero attached hydrogens (tertiary/aromatic N) is 1. The maximum absolute atomic E-state index is 12.4. The first kappa shape index (κ1) is 12.7. The lowest BCUT2D eigenvalue weighted by Crippen LogP contribution is -2.33. The highest BCUT2D eigenvalue weighted by molar-refractivity contribution is 6.05. The number of aromatic nitrogens is 1. The summed E-state index contributed by atoms with van der Waals surface area (Å²) in [6.45, 7) is 3.98. The van der Waals surface area contributed by atoms with Crippen molar-refractivity contribution >= 4 is 17.4 Å². The summed E-state index contributed by atoms with van der Waals surface area (Å²) in [5.74, 6) is 0.676. The number of nitrogens with one attached hydrogen (secondary N) is 1. The van der Waals surface area contributed by atoms with Crippen LogP contribution in [0.5, 0.6) is 0 Å². The SMILES string of the molecule is Cc1cc(N)ccc1CC1(C)C(=O)Nc2ncccc21. The molecule has 2 aromatic rings. The Kier molecular flexibility index (Phi) is 2.74. The van der Waals surface area contributed by atoms with E-state index in [9.17, 15) is 4.79 Å². The van der Waals surface area contributed by atoms with Crippen molar-refractivity contribution in [3.05, 3.63) is 53.2 Å². The van der Waals surface area contributed by atoms with E-state index in [1.165, 1.54) is 0 Å². The summed E-state index contributed by atoms with van der Waals surface area (Å²) in [6.07, 6.45) is 2.34. The maximum Gasteiger partial charge on any atom is 0.236 e. The van der Waals surface area contributed by atoms with Crippen molar-refractivity contribution in [1.29, 1.82) is 0 Å². The van der Waals surface area contributed by atoms with E-state index in [4.69, 9.17) is 5.73 Å². The van der Waals surface area contributed by atoms with Gasteiger partial charge in [-0.25, -0.2) is 4.98 Å². The molecule has 1 aliphatic heterocycles. The molecule has 3 N–H and O–H groups in total. The molecule has 1 atom stereocenters. The van der Waals surface area contributed by atoms with Gasteiger partial charge in [-0.3, -0.25) is 4.79 Å². The minimum Gasteiger partial charge on any atom is -0.399 e. The number of hydrogen-bond donors (Lipinski definition) is 2. The highest BCUT2D eigenvalue weighted by atomic mass is 16.2. The fourth-order valence-corrected chi connectivity index (χ4v) is 2.79. The average Bonchev–Trinajstić information content (AvgIpc) is 2.66. The van der Waals surface area contributed by atoms with Crippen molar-refractivity contribution in [2.24, 2.45) is 0 Å². The van der Waals surface area contributed by atoms with Gasteiger partial charge in [-0.2, -0.15) is 0 Å². The topological polar surface area (TPSA) is 68.0 Å². The fraction of sp³-hybridized carbons (Fsp3) is 0.250. The van der Waals surface area contributed by atoms with Gasteiger partial charge >= 0.3 is 0 Å². The van der Waals surface area contributed by atoms with Gasteiger partial charge < -0.3 is 11.1 Å². The lowest BCUT2D eigenvalue weighted by atomic mass is 9.78. The van der Waals surface area contributed by atoms with E-state index in [0.29, 0.717) is 12.2 Å². The predicted molar refractivity (Wildman–Crippen MR) is 79.5 cm³/mol. The third-order valence-corrected chi connectivity index (χ3v) is 4.05. The minimum absolute atomic E-state index is 0.00225. The molecule has 2 heterocycles. The maximum atomic E-state index is 12.4. The first-order chi connectivity index (χ1) is 9.50. The minimum atomic E-state index is -0.579. The van der Waals surface area contributed by atoms with Gasteiger partial charge in [0.1, 0.15) is 5.82 Å². The Balaban J connectivity index is 2.03. The van der Waals surface area contributed by atoms with E-state index in [-0.39, 0.29) is 5.91 Å². The quantitative estimate of drug-likeness (QED) is 0.821. The number of aryl methyl sites for hydroxylation is 1. The van der Waals surface area contributed by atoms with Crippen LogP contribution in [0.3, 0.4) is 0 Å². The molecule has 0 saturated heterocycles. The molecule has 3 rings (SSSR count). The molecule has 1 unspecified atom stereocenters. The summed E-state index contributed by atoms with van der Waals surface area (Å²) in [4.78, 5) is 16.6. The summed E-state index contributed by atoms with van der Waals surface area (Å²) in [6, 6.07) is 9.65. The molecule has 0 fully saturated rings. The van der Waals surface area contributed by atoms with Crippen molar-refractivity contribution in [2.45, 2.75) is 25.7 Å². The Morgan fingerprint density at radius 3 is 2.90 bits per heavy atom. The molecule has 1 aromatic heterocycles. The van der Waals surface area contributed by atoms with Gasteiger partial charge in [0.2, 0.25) is 5.91 Å². The second kappa shape index (κ2) is 4.34. The second-order valence-corrected chi connectivity index (χ2v) is 5.55. The zero-order valence-corrected chi connectivity index (χ0v) is 11.6. The molecule has 0 bridgehead atoms. The van der Waals surface area contributed by atoms with Gasteiger partial charge in [0.15, 0.2) is 0 Å². The Morgan fingerprint density at radius 2 is 2.15 bits per heavy atom. The number of nitrogens with two attached hydrogens (primary N) is 1. The molecule has 0 radical (unpaired) electrons. The Bertz CT molecular complexity index is 696. The van der Waals surface area contributed by atoms with Gasteiger partial charge in [-0.05, 0) is 49.6 Å². The van der Waals surface area contributed by atoms with Crippen LogP contribution in [0.2, 0.25) is 0 Å². The van der Waals surface area contributed by atoms with Crippen molar-refractivity contribution in [3.63, 3.8) is 0 Å². The van der Waals surface area contributed by atoms with Crippen LogP contribution in [0, 0.1) is 6.92 Å². The summed E-state index contributed by atoms with van der Waals surface area (Å²) in [7, 11) is 0. The van der Waals surface area contributed by atoms with E-state index >= 15 is 0 Å². The van der Waals surface area contributed by atoms with E-state index < -0.39 is 5.41 Å². The Hall–Kier alpha value is -2.36. The van der Waals surface area contributed by atoms with Crippen LogP contribution in [0.4, 0.5) is 11.5 Å². The zero-order chi connectivity index (χ0) is 14.3. The van der Waals surface area contributed by atoms with Crippen molar-refractivity contribution < 1.29 is 4.79 Å². The van der Waals surface area contributed by atoms with Gasteiger partial charge in [-0.1, -0.05) is 12.1 Å². The standard InChI is InChI=1S/C16H17N3O/c1-10-8-12(17)6-5-11(10)9-16(2)13-4-3-7-18-14(13)19-15(16)20/h3-8H,9,17H2,1-2H3,(H,18,19,20). The van der Waals surface area contributed by atoms with Gasteiger partial charge in [-0.15, -0.1) is 0 Å². The Labute approximate surface area is 118 Å². The number of amides is 1. The molecule has 1 amide bonds. The number of hydrogen-bond acceptors (Lipinski definition) is 3. The van der Waals surface area contributed by atoms with Crippen molar-refractivity contribution in [3.8, 4) is 0 Å². The first-order valence-corrected chi connectivity index (χ1v) is 6.63. The molecule has 0 spiro atoms. The number of pyridine rings is 1.